The molecule has 0 saturated carbocycles. The molecule has 0 aliphatic heterocycles. The third-order valence-electron chi connectivity index (χ3n) is 16.8. The van der Waals surface area contributed by atoms with Gasteiger partial charge < -0.3 is 28.8 Å². The molecule has 0 aromatic carbocycles. The number of phosphoric ester groups is 1. The molecule has 0 aliphatic carbocycles. The number of aliphatic hydroxyl groups excluding tert-OH is 1. The van der Waals surface area contributed by atoms with Crippen molar-refractivity contribution in [3.63, 3.8) is 0 Å². The number of amides is 1. The smallest absolute Gasteiger partial charge is 0.268 e. The Kier molecular flexibility index (Phi) is 60.7. The van der Waals surface area contributed by atoms with Crippen molar-refractivity contribution in [2.75, 3.05) is 40.9 Å². The lowest BCUT2D eigenvalue weighted by Crippen LogP contribution is -2.46. The van der Waals surface area contributed by atoms with Crippen molar-refractivity contribution in [3.8, 4) is 0 Å². The molecule has 0 aromatic rings. The van der Waals surface area contributed by atoms with E-state index in [4.69, 9.17) is 9.05 Å². The Balaban J connectivity index is 3.81. The summed E-state index contributed by atoms with van der Waals surface area (Å²) in [6.07, 6.45) is 76.3. The van der Waals surface area contributed by atoms with Crippen molar-refractivity contribution < 1.29 is 32.9 Å². The number of nitrogens with one attached hydrogen (secondary N) is 1. The van der Waals surface area contributed by atoms with Gasteiger partial charge in [0.1, 0.15) is 13.2 Å². The molecule has 0 spiro atoms. The molecule has 1 amide bonds. The molecule has 0 aliphatic rings. The van der Waals surface area contributed by atoms with Crippen LogP contribution < -0.4 is 10.2 Å². The number of nitrogens with zero attached hydrogens (tertiary/aromatic N) is 1. The fraction of sp³-hybridized carbons (Fsp3) is 0.986. The topological polar surface area (TPSA) is 108 Å². The molecule has 0 rings (SSSR count). The normalized spacial score (nSPS) is 13.6. The number of quaternary nitrogens is 1. The molecule has 78 heavy (non-hydrogen) atoms. The second kappa shape index (κ2) is 61.1. The summed E-state index contributed by atoms with van der Waals surface area (Å²) in [6, 6.07) is -0.796. The zero-order valence-corrected chi connectivity index (χ0v) is 54.6. The first kappa shape index (κ1) is 77.5. The Labute approximate surface area is 489 Å². The van der Waals surface area contributed by atoms with Crippen molar-refractivity contribution in [2.24, 2.45) is 0 Å². The molecule has 0 aromatic heterocycles. The van der Waals surface area contributed by atoms with Gasteiger partial charge in [0.25, 0.3) is 7.82 Å². The summed E-state index contributed by atoms with van der Waals surface area (Å²) in [5, 5.41) is 14.1. The fourth-order valence-electron chi connectivity index (χ4n) is 11.3. The summed E-state index contributed by atoms with van der Waals surface area (Å²) in [4.78, 5) is 25.6. The third kappa shape index (κ3) is 63.1. The van der Waals surface area contributed by atoms with E-state index in [0.717, 1.165) is 38.5 Å². The number of hydrogen-bond donors (Lipinski definition) is 2. The first-order valence-electron chi connectivity index (χ1n) is 35.4. The number of aliphatic hydroxyl groups is 1. The molecule has 3 atom stereocenters. The van der Waals surface area contributed by atoms with Gasteiger partial charge in [0.05, 0.1) is 39.9 Å². The van der Waals surface area contributed by atoms with Crippen molar-refractivity contribution in [3.05, 3.63) is 0 Å². The minimum Gasteiger partial charge on any atom is -0.756 e. The van der Waals surface area contributed by atoms with E-state index in [-0.39, 0.29) is 19.1 Å². The summed E-state index contributed by atoms with van der Waals surface area (Å²) < 4.78 is 23.5. The highest BCUT2D eigenvalue weighted by atomic mass is 31.2. The minimum absolute atomic E-state index is 0.0167. The highest BCUT2D eigenvalue weighted by Gasteiger charge is 2.24. The van der Waals surface area contributed by atoms with Crippen LogP contribution in [0.15, 0.2) is 0 Å². The number of unbranched alkanes of at least 4 members (excludes halogenated alkanes) is 54. The zero-order chi connectivity index (χ0) is 57.0. The van der Waals surface area contributed by atoms with E-state index in [1.54, 1.807) is 0 Å². The Bertz CT molecular complexity index is 1230. The highest BCUT2D eigenvalue weighted by molar-refractivity contribution is 7.45. The molecule has 468 valence electrons. The minimum atomic E-state index is -4.57. The van der Waals surface area contributed by atoms with Gasteiger partial charge in [0.15, 0.2) is 0 Å². The predicted molar refractivity (Wildman–Crippen MR) is 339 cm³/mol. The van der Waals surface area contributed by atoms with Gasteiger partial charge in [-0.3, -0.25) is 9.36 Å². The van der Waals surface area contributed by atoms with Crippen molar-refractivity contribution in [2.45, 2.75) is 398 Å². The molecular formula is C69H141N2O6P. The van der Waals surface area contributed by atoms with Crippen molar-refractivity contribution in [1.82, 2.24) is 5.32 Å². The summed E-state index contributed by atoms with van der Waals surface area (Å²) >= 11 is 0. The van der Waals surface area contributed by atoms with Crippen LogP contribution in [0.4, 0.5) is 0 Å². The average molecular weight is 1130 g/mol. The quantitative estimate of drug-likeness (QED) is 0.0357. The fourth-order valence-corrected chi connectivity index (χ4v) is 12.1. The van der Waals surface area contributed by atoms with Gasteiger partial charge in [-0.25, -0.2) is 0 Å². The number of hydrogen-bond acceptors (Lipinski definition) is 6. The molecule has 3 unspecified atom stereocenters. The lowest BCUT2D eigenvalue weighted by molar-refractivity contribution is -0.870. The average Bonchev–Trinajstić information content (AvgIpc) is 3.40. The number of phosphoric acid groups is 1. The van der Waals surface area contributed by atoms with Crippen LogP contribution in [0.1, 0.15) is 386 Å². The number of rotatable bonds is 67. The number of likely N-dealkylation sites (N-methyl/N-ethyl adjacent to an activating group) is 1. The zero-order valence-electron chi connectivity index (χ0n) is 53.7. The van der Waals surface area contributed by atoms with E-state index in [9.17, 15) is 19.4 Å². The van der Waals surface area contributed by atoms with E-state index in [1.165, 1.54) is 321 Å². The molecular weight excluding hydrogens is 984 g/mol. The van der Waals surface area contributed by atoms with Gasteiger partial charge in [-0.05, 0) is 12.8 Å². The van der Waals surface area contributed by atoms with Gasteiger partial charge in [0, 0.05) is 6.42 Å². The Hall–Kier alpha value is -0.500. The SMILES string of the molecule is CCCCCCCCCCCCCCCCCCCCCCCCCCCCCCCCCCCCCCCCCCC(=O)NC(COP(=O)([O-])OCC[N+](C)(C)C)C(O)CCCCCCCCCCCCCCCCCC. The molecule has 0 heterocycles. The van der Waals surface area contributed by atoms with Gasteiger partial charge in [-0.15, -0.1) is 0 Å². The predicted octanol–water partition coefficient (Wildman–Crippen LogP) is 21.7. The van der Waals surface area contributed by atoms with Gasteiger partial charge >= 0.3 is 0 Å². The van der Waals surface area contributed by atoms with Crippen molar-refractivity contribution in [1.29, 1.82) is 0 Å². The monoisotopic (exact) mass is 1130 g/mol. The van der Waals surface area contributed by atoms with E-state index in [0.29, 0.717) is 23.9 Å². The van der Waals surface area contributed by atoms with Gasteiger partial charge in [-0.2, -0.15) is 0 Å². The first-order valence-corrected chi connectivity index (χ1v) is 36.8. The molecule has 0 radical (unpaired) electrons. The van der Waals surface area contributed by atoms with E-state index in [2.05, 4.69) is 19.2 Å². The molecule has 9 heteroatoms. The van der Waals surface area contributed by atoms with Crippen molar-refractivity contribution >= 4 is 13.7 Å². The van der Waals surface area contributed by atoms with Crippen LogP contribution in [0.25, 0.3) is 0 Å². The number of carbonyl (C=O) groups is 1. The molecule has 0 fully saturated rings. The van der Waals surface area contributed by atoms with E-state index < -0.39 is 20.0 Å². The van der Waals surface area contributed by atoms with Crippen LogP contribution in [0.3, 0.4) is 0 Å². The largest absolute Gasteiger partial charge is 0.756 e. The molecule has 0 bridgehead atoms. The van der Waals surface area contributed by atoms with Gasteiger partial charge in [-0.1, -0.05) is 367 Å². The molecule has 8 nitrogen and oxygen atoms in total. The Morgan fingerprint density at radius 3 is 0.872 bits per heavy atom. The molecule has 2 N–H and O–H groups in total. The van der Waals surface area contributed by atoms with Crippen LogP contribution in [0, 0.1) is 0 Å². The second-order valence-corrected chi connectivity index (χ2v) is 27.4. The Morgan fingerprint density at radius 1 is 0.397 bits per heavy atom. The summed E-state index contributed by atoms with van der Waals surface area (Å²) in [7, 11) is 1.33. The maximum atomic E-state index is 13.0. The lowest BCUT2D eigenvalue weighted by atomic mass is 10.0. The second-order valence-electron chi connectivity index (χ2n) is 26.0. The highest BCUT2D eigenvalue weighted by Crippen LogP contribution is 2.38. The molecule has 0 saturated heterocycles. The maximum Gasteiger partial charge on any atom is 0.268 e. The standard InChI is InChI=1S/C69H141N2O6P/c1-6-8-10-12-14-16-18-20-22-24-25-26-27-28-29-30-31-32-33-34-35-36-37-38-39-40-41-42-43-44-45-46-47-49-51-53-55-57-59-61-63-69(73)70-67(66-77-78(74,75)76-65-64-71(3,4)5)68(72)62-60-58-56-54-52-50-48-23-21-19-17-15-13-11-9-7-2/h67-68,72H,6-66H2,1-5H3,(H-,70,73,74,75). The van der Waals surface area contributed by atoms with Crippen LogP contribution in [-0.2, 0) is 18.4 Å². The summed E-state index contributed by atoms with van der Waals surface area (Å²) in [6.45, 7) is 4.79. The lowest BCUT2D eigenvalue weighted by Gasteiger charge is -2.30. The van der Waals surface area contributed by atoms with Crippen LogP contribution in [0.2, 0.25) is 0 Å². The third-order valence-corrected chi connectivity index (χ3v) is 17.8. The first-order chi connectivity index (χ1) is 38.0. The van der Waals surface area contributed by atoms with E-state index in [1.807, 2.05) is 21.1 Å². The van der Waals surface area contributed by atoms with Crippen LogP contribution in [0.5, 0.6) is 0 Å². The van der Waals surface area contributed by atoms with Crippen LogP contribution in [-0.4, -0.2) is 68.5 Å². The maximum absolute atomic E-state index is 13.0. The van der Waals surface area contributed by atoms with Gasteiger partial charge in [0.2, 0.25) is 5.91 Å². The van der Waals surface area contributed by atoms with Crippen LogP contribution >= 0.6 is 7.82 Å². The van der Waals surface area contributed by atoms with E-state index >= 15 is 0 Å². The summed E-state index contributed by atoms with van der Waals surface area (Å²) in [5.41, 5.74) is 0. The summed E-state index contributed by atoms with van der Waals surface area (Å²) in [5.74, 6) is -0.155. The Morgan fingerprint density at radius 2 is 0.628 bits per heavy atom. The number of carbonyl (C=O) groups excluding carboxylic acids is 1.